The number of amides is 1. The molecule has 0 spiro atoms. The van der Waals surface area contributed by atoms with Crippen molar-refractivity contribution in [3.05, 3.63) is 49.6 Å². The molecule has 0 radical (unpaired) electrons. The molecule has 1 atom stereocenters. The summed E-state index contributed by atoms with van der Waals surface area (Å²) < 4.78 is 8.95. The largest absolute Gasteiger partial charge is 0.491 e. The van der Waals surface area contributed by atoms with Crippen LogP contribution in [0.3, 0.4) is 0 Å². The number of carbonyl (C=O) groups excluding carboxylic acids is 1. The van der Waals surface area contributed by atoms with Crippen molar-refractivity contribution in [2.24, 2.45) is 7.05 Å². The number of aliphatic hydroxyl groups is 1. The van der Waals surface area contributed by atoms with Gasteiger partial charge >= 0.3 is 5.69 Å². The number of hydrogen-bond acceptors (Lipinski definition) is 7. The van der Waals surface area contributed by atoms with Crippen LogP contribution < -0.4 is 26.8 Å². The number of nitrogens with zero attached hydrogens (tertiary/aromatic N) is 3. The van der Waals surface area contributed by atoms with Crippen molar-refractivity contribution >= 4 is 39.5 Å². The normalized spacial score (nSPS) is 12.0. The van der Waals surface area contributed by atoms with Crippen LogP contribution in [0.25, 0.3) is 11.2 Å². The van der Waals surface area contributed by atoms with E-state index in [0.29, 0.717) is 12.2 Å². The molecule has 1 aromatic carbocycles. The molecular formula is C16H17BrN6O5. The number of aromatic nitrogens is 4. The molecule has 12 heteroatoms. The van der Waals surface area contributed by atoms with Gasteiger partial charge in [-0.1, -0.05) is 15.9 Å². The Labute approximate surface area is 166 Å². The molecule has 3 rings (SSSR count). The van der Waals surface area contributed by atoms with Crippen LogP contribution in [0, 0.1) is 0 Å². The van der Waals surface area contributed by atoms with Crippen LogP contribution in [-0.4, -0.2) is 43.3 Å². The number of rotatable bonds is 8. The average Bonchev–Trinajstić information content (AvgIpc) is 3.03. The van der Waals surface area contributed by atoms with Crippen LogP contribution in [0.4, 0.5) is 5.95 Å². The number of benzene rings is 1. The van der Waals surface area contributed by atoms with Gasteiger partial charge in [0.25, 0.3) is 5.56 Å². The summed E-state index contributed by atoms with van der Waals surface area (Å²) in [6, 6.07) is 7.09. The number of hydrazine groups is 1. The predicted molar refractivity (Wildman–Crippen MR) is 104 cm³/mol. The standard InChI is InChI=1S/C16H17BrN6O5/c1-22-13-12(14(26)20-16(22)27)23(15(19-13)21-18-8-24)6-10(25)7-28-11-4-2-9(17)3-5-11/h2-5,8,10,25H,6-7H2,1H3,(H,18,24)(H,19,21)(H,20,26,27). The van der Waals surface area contributed by atoms with Crippen LogP contribution in [-0.2, 0) is 18.4 Å². The lowest BCUT2D eigenvalue weighted by Gasteiger charge is -2.15. The molecule has 3 aromatic rings. The lowest BCUT2D eigenvalue weighted by atomic mass is 10.3. The number of anilines is 1. The van der Waals surface area contributed by atoms with Crippen LogP contribution in [0.5, 0.6) is 5.75 Å². The van der Waals surface area contributed by atoms with Gasteiger partial charge in [0.1, 0.15) is 18.5 Å². The van der Waals surface area contributed by atoms with E-state index < -0.39 is 17.4 Å². The summed E-state index contributed by atoms with van der Waals surface area (Å²) in [6.45, 7) is -0.122. The molecule has 4 N–H and O–H groups in total. The van der Waals surface area contributed by atoms with E-state index in [2.05, 4.69) is 36.7 Å². The molecule has 2 heterocycles. The summed E-state index contributed by atoms with van der Waals surface area (Å²) in [7, 11) is 1.45. The number of nitrogens with one attached hydrogen (secondary N) is 3. The van der Waals surface area contributed by atoms with E-state index in [-0.39, 0.29) is 30.3 Å². The third kappa shape index (κ3) is 4.07. The predicted octanol–water partition coefficient (Wildman–Crippen LogP) is -0.301. The molecule has 11 nitrogen and oxygen atoms in total. The molecule has 0 aliphatic heterocycles. The van der Waals surface area contributed by atoms with E-state index in [1.807, 2.05) is 0 Å². The number of ether oxygens (including phenoxy) is 1. The van der Waals surface area contributed by atoms with Gasteiger partial charge in [-0.15, -0.1) is 0 Å². The highest BCUT2D eigenvalue weighted by Crippen LogP contribution is 2.18. The zero-order valence-corrected chi connectivity index (χ0v) is 16.3. The van der Waals surface area contributed by atoms with Crippen molar-refractivity contribution in [3.8, 4) is 5.75 Å². The van der Waals surface area contributed by atoms with Gasteiger partial charge in [0.15, 0.2) is 11.2 Å². The van der Waals surface area contributed by atoms with Crippen LogP contribution in [0.1, 0.15) is 0 Å². The van der Waals surface area contributed by atoms with Crippen LogP contribution in [0.15, 0.2) is 38.3 Å². The second-order valence-electron chi connectivity index (χ2n) is 5.84. The Hall–Kier alpha value is -3.12. The van der Waals surface area contributed by atoms with Crippen molar-refractivity contribution in [2.75, 3.05) is 12.0 Å². The number of imidazole rings is 1. The Kier molecular flexibility index (Phi) is 5.80. The highest BCUT2D eigenvalue weighted by atomic mass is 79.9. The Morgan fingerprint density at radius 2 is 2.07 bits per heavy atom. The monoisotopic (exact) mass is 452 g/mol. The lowest BCUT2D eigenvalue weighted by Crippen LogP contribution is -2.31. The molecule has 2 aromatic heterocycles. The molecule has 0 saturated heterocycles. The molecule has 148 valence electrons. The van der Waals surface area contributed by atoms with E-state index in [4.69, 9.17) is 4.74 Å². The van der Waals surface area contributed by atoms with E-state index >= 15 is 0 Å². The summed E-state index contributed by atoms with van der Waals surface area (Å²) in [6.07, 6.45) is -0.616. The Balaban J connectivity index is 1.88. The molecule has 1 unspecified atom stereocenters. The van der Waals surface area contributed by atoms with E-state index in [0.717, 1.165) is 9.04 Å². The third-order valence-electron chi connectivity index (χ3n) is 3.90. The van der Waals surface area contributed by atoms with E-state index in [1.165, 1.54) is 11.6 Å². The summed E-state index contributed by atoms with van der Waals surface area (Å²) in [5.74, 6) is 0.649. The van der Waals surface area contributed by atoms with Crippen molar-refractivity contribution in [2.45, 2.75) is 12.6 Å². The number of carbonyl (C=O) groups is 1. The van der Waals surface area contributed by atoms with E-state index in [1.54, 1.807) is 24.3 Å². The fourth-order valence-electron chi connectivity index (χ4n) is 2.59. The maximum absolute atomic E-state index is 12.3. The smallest absolute Gasteiger partial charge is 0.329 e. The zero-order valence-electron chi connectivity index (χ0n) is 14.7. The number of aromatic amines is 1. The van der Waals surface area contributed by atoms with Crippen molar-refractivity contribution < 1.29 is 14.6 Å². The first-order valence-electron chi connectivity index (χ1n) is 8.12. The number of halogens is 1. The maximum atomic E-state index is 12.3. The van der Waals surface area contributed by atoms with Crippen LogP contribution >= 0.6 is 15.9 Å². The van der Waals surface area contributed by atoms with Gasteiger partial charge in [-0.25, -0.2) is 4.79 Å². The summed E-state index contributed by atoms with van der Waals surface area (Å²) in [4.78, 5) is 41.0. The molecule has 0 aliphatic carbocycles. The highest BCUT2D eigenvalue weighted by molar-refractivity contribution is 9.10. The van der Waals surface area contributed by atoms with Gasteiger partial charge in [0, 0.05) is 11.5 Å². The van der Waals surface area contributed by atoms with Crippen LogP contribution in [0.2, 0.25) is 0 Å². The first-order valence-corrected chi connectivity index (χ1v) is 8.91. The Bertz CT molecular complexity index is 1100. The summed E-state index contributed by atoms with van der Waals surface area (Å²) in [5, 5.41) is 10.4. The first kappa shape index (κ1) is 19.6. The van der Waals surface area contributed by atoms with Gasteiger partial charge in [-0.2, -0.15) is 4.98 Å². The first-order chi connectivity index (χ1) is 13.4. The van der Waals surface area contributed by atoms with Crippen molar-refractivity contribution in [1.82, 2.24) is 24.5 Å². The van der Waals surface area contributed by atoms with Gasteiger partial charge in [-0.05, 0) is 24.3 Å². The van der Waals surface area contributed by atoms with Gasteiger partial charge in [-0.3, -0.25) is 30.0 Å². The van der Waals surface area contributed by atoms with Gasteiger partial charge in [0.2, 0.25) is 12.4 Å². The minimum Gasteiger partial charge on any atom is -0.491 e. The third-order valence-corrected chi connectivity index (χ3v) is 4.43. The number of hydrogen-bond donors (Lipinski definition) is 4. The number of aryl methyl sites for hydroxylation is 1. The SMILES string of the molecule is Cn1c(=O)[nH]c(=O)c2c1nc(NNC=O)n2CC(O)COc1ccc(Br)cc1. The number of aliphatic hydroxyl groups excluding tert-OH is 1. The van der Waals surface area contributed by atoms with Gasteiger partial charge in [0.05, 0.1) is 6.54 Å². The Morgan fingerprint density at radius 3 is 2.75 bits per heavy atom. The second-order valence-corrected chi connectivity index (χ2v) is 6.76. The second kappa shape index (κ2) is 8.27. The lowest BCUT2D eigenvalue weighted by molar-refractivity contribution is -0.109. The Morgan fingerprint density at radius 1 is 1.36 bits per heavy atom. The van der Waals surface area contributed by atoms with E-state index in [9.17, 15) is 19.5 Å². The molecule has 28 heavy (non-hydrogen) atoms. The van der Waals surface area contributed by atoms with Crippen molar-refractivity contribution in [1.29, 1.82) is 0 Å². The topological polar surface area (TPSA) is 143 Å². The minimum absolute atomic E-state index is 0.0501. The minimum atomic E-state index is -1.01. The molecule has 1 amide bonds. The summed E-state index contributed by atoms with van der Waals surface area (Å²) in [5.41, 5.74) is 3.63. The average molecular weight is 453 g/mol. The summed E-state index contributed by atoms with van der Waals surface area (Å²) >= 11 is 3.32. The maximum Gasteiger partial charge on any atom is 0.329 e. The van der Waals surface area contributed by atoms with Crippen molar-refractivity contribution in [3.63, 3.8) is 0 Å². The molecule has 0 aliphatic rings. The fourth-order valence-corrected chi connectivity index (χ4v) is 2.85. The van der Waals surface area contributed by atoms with Gasteiger partial charge < -0.3 is 14.4 Å². The number of fused-ring (bicyclic) bond motifs is 1. The molecule has 0 fully saturated rings. The zero-order chi connectivity index (χ0) is 20.3. The molecular weight excluding hydrogens is 436 g/mol. The quantitative estimate of drug-likeness (QED) is 0.271. The highest BCUT2D eigenvalue weighted by Gasteiger charge is 2.19. The fraction of sp³-hybridized carbons (Fsp3) is 0.250. The molecule has 0 bridgehead atoms. The number of H-pyrrole nitrogens is 1. The molecule has 0 saturated carbocycles.